The van der Waals surface area contributed by atoms with E-state index in [2.05, 4.69) is 35.8 Å². The van der Waals surface area contributed by atoms with Gasteiger partial charge in [0.1, 0.15) is 16.9 Å². The fraction of sp³-hybridized carbons (Fsp3) is 0.238. The highest BCUT2D eigenvalue weighted by Crippen LogP contribution is 2.34. The maximum atomic E-state index is 13.3. The number of pyridine rings is 1. The van der Waals surface area contributed by atoms with Gasteiger partial charge in [-0.1, -0.05) is 0 Å². The van der Waals surface area contributed by atoms with Crippen LogP contribution < -0.4 is 21.3 Å². The minimum atomic E-state index is -0.942. The van der Waals surface area contributed by atoms with Gasteiger partial charge in [0.05, 0.1) is 11.9 Å². The molecule has 1 aliphatic heterocycles. The lowest BCUT2D eigenvalue weighted by molar-refractivity contribution is -0.120. The van der Waals surface area contributed by atoms with Crippen LogP contribution in [0.3, 0.4) is 0 Å². The molecule has 12 nitrogen and oxygen atoms in total. The van der Waals surface area contributed by atoms with E-state index in [1.807, 2.05) is 24.0 Å². The molecule has 34 heavy (non-hydrogen) atoms. The molecule has 4 aromatic heterocycles. The number of nitrogens with two attached hydrogens (primary N) is 1. The van der Waals surface area contributed by atoms with Gasteiger partial charge in [0.2, 0.25) is 23.8 Å². The predicted molar refractivity (Wildman–Crippen MR) is 121 cm³/mol. The number of carbonyl (C=O) groups excluding carboxylic acids is 2. The number of hydrogen-bond donors (Lipinski definition) is 4. The average molecular weight is 464 g/mol. The number of aromatic amines is 1. The van der Waals surface area contributed by atoms with Gasteiger partial charge in [-0.25, -0.2) is 4.98 Å². The van der Waals surface area contributed by atoms with Crippen LogP contribution in [0.25, 0.3) is 5.65 Å². The molecule has 1 fully saturated rings. The summed E-state index contributed by atoms with van der Waals surface area (Å²) in [4.78, 5) is 39.4. The van der Waals surface area contributed by atoms with E-state index in [1.165, 1.54) is 24.4 Å². The average Bonchev–Trinajstić information content (AvgIpc) is 3.55. The molecule has 0 radical (unpaired) electrons. The summed E-state index contributed by atoms with van der Waals surface area (Å²) >= 11 is 0. The van der Waals surface area contributed by atoms with Crippen molar-refractivity contribution >= 4 is 40.9 Å². The maximum absolute atomic E-state index is 13.3. The molecule has 1 atom stereocenters. The lowest BCUT2D eigenvalue weighted by Crippen LogP contribution is -2.51. The number of nitrogens with one attached hydrogen (secondary N) is 3. The number of halogens is 1. The molecule has 2 amide bonds. The monoisotopic (exact) mass is 464 g/mol. The van der Waals surface area contributed by atoms with Gasteiger partial charge in [0, 0.05) is 18.8 Å². The Morgan fingerprint density at radius 2 is 2.12 bits per heavy atom. The standard InChI is InChI=1S/C21H21FN10O2/c1-21(18(34)25-12-5-6-14(22)24-11-12)7-3-9-32(21)20-27-16-4-2-8-31(16)19(28-20)26-15-10-13(17(23)33)29-30-15/h2,4-6,8,10-11H,3,7,9H2,1H3,(H2,23,33)(H,25,34)(H2,26,27,28,29,30). The van der Waals surface area contributed by atoms with E-state index in [-0.39, 0.29) is 11.6 Å². The van der Waals surface area contributed by atoms with Crippen molar-refractivity contribution in [3.8, 4) is 0 Å². The van der Waals surface area contributed by atoms with Gasteiger partial charge in [0.15, 0.2) is 5.82 Å². The first-order valence-electron chi connectivity index (χ1n) is 10.5. The van der Waals surface area contributed by atoms with Crippen LogP contribution in [0.5, 0.6) is 0 Å². The first-order chi connectivity index (χ1) is 16.3. The molecular weight excluding hydrogens is 443 g/mol. The fourth-order valence-electron chi connectivity index (χ4n) is 3.99. The molecular formula is C21H21FN10O2. The molecule has 5 N–H and O–H groups in total. The van der Waals surface area contributed by atoms with E-state index in [4.69, 9.17) is 5.73 Å². The molecule has 4 aromatic rings. The van der Waals surface area contributed by atoms with Crippen LogP contribution in [0.2, 0.25) is 0 Å². The summed E-state index contributed by atoms with van der Waals surface area (Å²) in [5.41, 5.74) is 5.50. The van der Waals surface area contributed by atoms with Gasteiger partial charge in [-0.3, -0.25) is 19.1 Å². The zero-order valence-corrected chi connectivity index (χ0v) is 18.1. The van der Waals surface area contributed by atoms with Crippen molar-refractivity contribution in [3.63, 3.8) is 0 Å². The molecule has 0 aliphatic carbocycles. The number of anilines is 4. The summed E-state index contributed by atoms with van der Waals surface area (Å²) in [6.07, 6.45) is 4.38. The van der Waals surface area contributed by atoms with Gasteiger partial charge in [-0.05, 0) is 44.0 Å². The number of primary amides is 1. The Labute approximate surface area is 192 Å². The van der Waals surface area contributed by atoms with E-state index in [0.29, 0.717) is 42.0 Å². The lowest BCUT2D eigenvalue weighted by Gasteiger charge is -2.34. The van der Waals surface area contributed by atoms with Crippen LogP contribution in [0.4, 0.5) is 27.8 Å². The number of fused-ring (bicyclic) bond motifs is 1. The molecule has 13 heteroatoms. The summed E-state index contributed by atoms with van der Waals surface area (Å²) in [6, 6.07) is 7.75. The Kier molecular flexibility index (Phi) is 5.07. The molecule has 1 unspecified atom stereocenters. The summed E-state index contributed by atoms with van der Waals surface area (Å²) in [6.45, 7) is 2.38. The number of aromatic nitrogens is 6. The minimum absolute atomic E-state index is 0.152. The van der Waals surface area contributed by atoms with Crippen molar-refractivity contribution in [1.82, 2.24) is 29.5 Å². The molecule has 0 saturated carbocycles. The quantitative estimate of drug-likeness (QED) is 0.315. The van der Waals surface area contributed by atoms with Gasteiger partial charge in [-0.2, -0.15) is 19.5 Å². The van der Waals surface area contributed by atoms with Crippen molar-refractivity contribution in [2.45, 2.75) is 25.3 Å². The van der Waals surface area contributed by atoms with Crippen LogP contribution >= 0.6 is 0 Å². The van der Waals surface area contributed by atoms with Crippen molar-refractivity contribution in [3.05, 3.63) is 54.4 Å². The lowest BCUT2D eigenvalue weighted by atomic mass is 9.97. The van der Waals surface area contributed by atoms with Gasteiger partial charge >= 0.3 is 0 Å². The van der Waals surface area contributed by atoms with E-state index in [9.17, 15) is 14.0 Å². The zero-order valence-electron chi connectivity index (χ0n) is 18.1. The maximum Gasteiger partial charge on any atom is 0.266 e. The van der Waals surface area contributed by atoms with E-state index >= 15 is 0 Å². The van der Waals surface area contributed by atoms with Crippen LogP contribution in [-0.4, -0.2) is 53.4 Å². The molecule has 5 rings (SSSR count). The number of carbonyl (C=O) groups is 2. The molecule has 0 aromatic carbocycles. The Bertz CT molecular complexity index is 1380. The molecule has 0 bridgehead atoms. The predicted octanol–water partition coefficient (Wildman–Crippen LogP) is 1.83. The topological polar surface area (TPSA) is 159 Å². The van der Waals surface area contributed by atoms with Crippen molar-refractivity contribution in [1.29, 1.82) is 0 Å². The largest absolute Gasteiger partial charge is 0.364 e. The third-order valence-electron chi connectivity index (χ3n) is 5.82. The molecule has 0 spiro atoms. The second kappa shape index (κ2) is 8.10. The molecule has 1 aliphatic rings. The highest BCUT2D eigenvalue weighted by Gasteiger charge is 2.45. The Morgan fingerprint density at radius 1 is 1.26 bits per heavy atom. The van der Waals surface area contributed by atoms with E-state index < -0.39 is 17.4 Å². The fourth-order valence-corrected chi connectivity index (χ4v) is 3.99. The van der Waals surface area contributed by atoms with E-state index in [0.717, 1.165) is 6.42 Å². The highest BCUT2D eigenvalue weighted by atomic mass is 19.1. The van der Waals surface area contributed by atoms with Crippen LogP contribution in [-0.2, 0) is 4.79 Å². The summed E-state index contributed by atoms with van der Waals surface area (Å²) in [5, 5.41) is 12.5. The van der Waals surface area contributed by atoms with Crippen LogP contribution in [0, 0.1) is 5.95 Å². The normalized spacial score (nSPS) is 17.8. The SMILES string of the molecule is CC1(C(=O)Nc2ccc(F)nc2)CCCN1c1nc(Nc2cc(C(N)=O)[nH]n2)n2cccc2n1. The van der Waals surface area contributed by atoms with Crippen LogP contribution in [0.1, 0.15) is 30.3 Å². The third-order valence-corrected chi connectivity index (χ3v) is 5.82. The number of H-pyrrole nitrogens is 1. The number of hydrogen-bond acceptors (Lipinski definition) is 8. The second-order valence-corrected chi connectivity index (χ2v) is 8.09. The van der Waals surface area contributed by atoms with Crippen molar-refractivity contribution in [2.24, 2.45) is 5.73 Å². The number of rotatable bonds is 6. The smallest absolute Gasteiger partial charge is 0.266 e. The van der Waals surface area contributed by atoms with Gasteiger partial charge in [-0.15, -0.1) is 0 Å². The molecule has 1 saturated heterocycles. The number of nitrogens with zero attached hydrogens (tertiary/aromatic N) is 6. The summed E-state index contributed by atoms with van der Waals surface area (Å²) in [5.74, 6) is -0.438. The number of amides is 2. The van der Waals surface area contributed by atoms with Crippen LogP contribution in [0.15, 0.2) is 42.7 Å². The summed E-state index contributed by atoms with van der Waals surface area (Å²) in [7, 11) is 0. The van der Waals surface area contributed by atoms with Gasteiger partial charge in [0.25, 0.3) is 5.91 Å². The minimum Gasteiger partial charge on any atom is -0.364 e. The second-order valence-electron chi connectivity index (χ2n) is 8.09. The van der Waals surface area contributed by atoms with E-state index in [1.54, 1.807) is 10.6 Å². The van der Waals surface area contributed by atoms with Crippen molar-refractivity contribution < 1.29 is 14.0 Å². The first kappa shape index (κ1) is 21.3. The molecule has 174 valence electrons. The molecule has 5 heterocycles. The Morgan fingerprint density at radius 3 is 2.85 bits per heavy atom. The van der Waals surface area contributed by atoms with Gasteiger partial charge < -0.3 is 21.3 Å². The Balaban J connectivity index is 1.47. The first-order valence-corrected chi connectivity index (χ1v) is 10.5. The summed E-state index contributed by atoms with van der Waals surface area (Å²) < 4.78 is 14.9. The zero-order chi connectivity index (χ0) is 23.9. The van der Waals surface area contributed by atoms with Crippen molar-refractivity contribution in [2.75, 3.05) is 22.1 Å². The Hall–Kier alpha value is -4.55. The highest BCUT2D eigenvalue weighted by molar-refractivity contribution is 6.00. The third kappa shape index (κ3) is 3.76.